The van der Waals surface area contributed by atoms with E-state index in [-0.39, 0.29) is 30.3 Å². The van der Waals surface area contributed by atoms with Gasteiger partial charge in [-0.05, 0) is 36.6 Å². The maximum Gasteiger partial charge on any atom is 0.261 e. The molecular formula is C21H17FN4O3. The van der Waals surface area contributed by atoms with Gasteiger partial charge in [0.05, 0.1) is 47.6 Å². The zero-order chi connectivity index (χ0) is 20.1. The molecule has 0 radical (unpaired) electrons. The van der Waals surface area contributed by atoms with E-state index in [1.54, 1.807) is 41.1 Å². The summed E-state index contributed by atoms with van der Waals surface area (Å²) >= 11 is 0. The van der Waals surface area contributed by atoms with E-state index in [1.165, 1.54) is 10.9 Å². The average Bonchev–Trinajstić information content (AvgIpc) is 3.45. The third-order valence-electron chi connectivity index (χ3n) is 5.42. The van der Waals surface area contributed by atoms with Gasteiger partial charge in [-0.1, -0.05) is 12.1 Å². The Hall–Kier alpha value is -3.55. The Morgan fingerprint density at radius 3 is 2.38 bits per heavy atom. The molecule has 0 spiro atoms. The number of carbonyl (C=O) groups is 2. The van der Waals surface area contributed by atoms with Gasteiger partial charge in [-0.15, -0.1) is 0 Å². The fraction of sp³-hybridized carbons (Fsp3) is 0.238. The third-order valence-corrected chi connectivity index (χ3v) is 5.42. The van der Waals surface area contributed by atoms with Crippen LogP contribution in [0, 0.1) is 0 Å². The lowest BCUT2D eigenvalue weighted by atomic mass is 10.1. The fourth-order valence-corrected chi connectivity index (χ4v) is 3.76. The molecule has 146 valence electrons. The molecule has 1 fully saturated rings. The van der Waals surface area contributed by atoms with Crippen LogP contribution in [0.25, 0.3) is 10.9 Å². The molecule has 2 aliphatic rings. The molecule has 3 heterocycles. The van der Waals surface area contributed by atoms with E-state index in [9.17, 15) is 18.8 Å². The number of hydrogen-bond acceptors (Lipinski definition) is 4. The van der Waals surface area contributed by atoms with E-state index >= 15 is 0 Å². The number of halogens is 1. The van der Waals surface area contributed by atoms with Crippen LogP contribution in [0.4, 0.5) is 4.39 Å². The number of pyridine rings is 1. The lowest BCUT2D eigenvalue weighted by molar-refractivity contribution is 0.0666. The second-order valence-corrected chi connectivity index (χ2v) is 7.37. The van der Waals surface area contributed by atoms with Crippen LogP contribution >= 0.6 is 0 Å². The van der Waals surface area contributed by atoms with E-state index in [4.69, 9.17) is 0 Å². The minimum atomic E-state index is -0.442. The molecule has 7 nitrogen and oxygen atoms in total. The number of aromatic nitrogens is 3. The maximum atomic E-state index is 13.6. The summed E-state index contributed by atoms with van der Waals surface area (Å²) in [7, 11) is 0. The smallest absolute Gasteiger partial charge is 0.261 e. The van der Waals surface area contributed by atoms with Crippen LogP contribution in [0.5, 0.6) is 0 Å². The highest BCUT2D eigenvalue weighted by Gasteiger charge is 2.35. The summed E-state index contributed by atoms with van der Waals surface area (Å²) in [6.45, 7) is -0.149. The van der Waals surface area contributed by atoms with Crippen LogP contribution in [0.3, 0.4) is 0 Å². The second kappa shape index (κ2) is 6.51. The number of nitrogens with zero attached hydrogens (tertiary/aromatic N) is 4. The van der Waals surface area contributed by atoms with Gasteiger partial charge in [0.25, 0.3) is 17.4 Å². The quantitative estimate of drug-likeness (QED) is 0.626. The van der Waals surface area contributed by atoms with Crippen LogP contribution < -0.4 is 5.56 Å². The molecule has 1 aliphatic carbocycles. The Bertz CT molecular complexity index is 1220. The largest absolute Gasteiger partial charge is 0.312 e. The standard InChI is InChI=1S/C21H17FN4O3/c22-9-13(11-25-19(27)15-3-1-2-4-16(15)20(25)28)12-26-18-7-8-24(14-5-6-14)21(29)17(18)10-23-26/h1-4,7-10,14H,5-6,11-12H2. The second-order valence-electron chi connectivity index (χ2n) is 7.37. The molecule has 0 saturated heterocycles. The summed E-state index contributed by atoms with van der Waals surface area (Å²) < 4.78 is 16.8. The minimum absolute atomic E-state index is 0.0281. The van der Waals surface area contributed by atoms with Crippen molar-refractivity contribution in [1.82, 2.24) is 19.2 Å². The number of fused-ring (bicyclic) bond motifs is 2. The van der Waals surface area contributed by atoms with Crippen molar-refractivity contribution in [2.45, 2.75) is 25.4 Å². The molecule has 0 unspecified atom stereocenters. The molecule has 5 rings (SSSR count). The molecule has 1 aromatic carbocycles. The predicted octanol–water partition coefficient (Wildman–Crippen LogP) is 2.68. The van der Waals surface area contributed by atoms with Gasteiger partial charge in [0.1, 0.15) is 0 Å². The number of carbonyl (C=O) groups excluding carboxylic acids is 2. The Kier molecular flexibility index (Phi) is 3.94. The van der Waals surface area contributed by atoms with Gasteiger partial charge in [0, 0.05) is 12.2 Å². The van der Waals surface area contributed by atoms with Crippen molar-refractivity contribution < 1.29 is 14.0 Å². The molecule has 8 heteroatoms. The maximum absolute atomic E-state index is 13.6. The summed E-state index contributed by atoms with van der Waals surface area (Å²) in [6, 6.07) is 8.58. The molecule has 2 amide bonds. The van der Waals surface area contributed by atoms with Crippen LogP contribution in [0.1, 0.15) is 39.6 Å². The Balaban J connectivity index is 1.40. The summed E-state index contributed by atoms with van der Waals surface area (Å²) in [5.41, 5.74) is 1.33. The van der Waals surface area contributed by atoms with Crippen molar-refractivity contribution >= 4 is 22.7 Å². The summed E-state index contributed by atoms with van der Waals surface area (Å²) in [4.78, 5) is 38.7. The van der Waals surface area contributed by atoms with Crippen molar-refractivity contribution in [2.24, 2.45) is 0 Å². The van der Waals surface area contributed by atoms with Crippen molar-refractivity contribution in [2.75, 3.05) is 6.54 Å². The van der Waals surface area contributed by atoms with Crippen LogP contribution in [0.2, 0.25) is 0 Å². The minimum Gasteiger partial charge on any atom is -0.312 e. The average molecular weight is 392 g/mol. The number of amides is 2. The predicted molar refractivity (Wildman–Crippen MR) is 103 cm³/mol. The Morgan fingerprint density at radius 2 is 1.76 bits per heavy atom. The molecule has 0 N–H and O–H groups in total. The van der Waals surface area contributed by atoms with Gasteiger partial charge in [-0.2, -0.15) is 5.10 Å². The van der Waals surface area contributed by atoms with Crippen LogP contribution in [-0.2, 0) is 6.54 Å². The monoisotopic (exact) mass is 392 g/mol. The third kappa shape index (κ3) is 2.79. The summed E-state index contributed by atoms with van der Waals surface area (Å²) in [6.07, 6.45) is 5.60. The van der Waals surface area contributed by atoms with E-state index in [2.05, 4.69) is 5.10 Å². The van der Waals surface area contributed by atoms with Crippen molar-refractivity contribution in [3.63, 3.8) is 0 Å². The first-order chi connectivity index (χ1) is 14.1. The number of benzene rings is 1. The molecule has 3 aromatic rings. The highest BCUT2D eigenvalue weighted by molar-refractivity contribution is 6.21. The first-order valence-electron chi connectivity index (χ1n) is 9.38. The first-order valence-corrected chi connectivity index (χ1v) is 9.38. The highest BCUT2D eigenvalue weighted by Crippen LogP contribution is 2.33. The van der Waals surface area contributed by atoms with Crippen molar-refractivity contribution in [1.29, 1.82) is 0 Å². The Labute approximate surface area is 164 Å². The van der Waals surface area contributed by atoms with Gasteiger partial charge >= 0.3 is 0 Å². The number of rotatable bonds is 5. The van der Waals surface area contributed by atoms with E-state index in [0.717, 1.165) is 17.7 Å². The topological polar surface area (TPSA) is 77.2 Å². The molecule has 1 saturated carbocycles. The lowest BCUT2D eigenvalue weighted by Crippen LogP contribution is -2.32. The summed E-state index contributed by atoms with van der Waals surface area (Å²) in [5.74, 6) is -0.884. The molecule has 0 bridgehead atoms. The molecular weight excluding hydrogens is 375 g/mol. The SMILES string of the molecule is O=C1c2ccccc2C(=O)N1CC(=CF)Cn1ncc2c(=O)n(C3CC3)ccc21. The molecule has 0 atom stereocenters. The molecule has 2 aromatic heterocycles. The van der Waals surface area contributed by atoms with Crippen LogP contribution in [0.15, 0.2) is 59.4 Å². The number of imide groups is 1. The lowest BCUT2D eigenvalue weighted by Gasteiger charge is -2.16. The first kappa shape index (κ1) is 17.5. The van der Waals surface area contributed by atoms with Gasteiger partial charge < -0.3 is 4.57 Å². The van der Waals surface area contributed by atoms with E-state index < -0.39 is 11.8 Å². The van der Waals surface area contributed by atoms with Crippen LogP contribution in [-0.4, -0.2) is 37.6 Å². The van der Waals surface area contributed by atoms with Gasteiger partial charge in [0.2, 0.25) is 0 Å². The highest BCUT2D eigenvalue weighted by atomic mass is 19.1. The van der Waals surface area contributed by atoms with E-state index in [1.807, 2.05) is 0 Å². The zero-order valence-corrected chi connectivity index (χ0v) is 15.4. The Morgan fingerprint density at radius 1 is 1.07 bits per heavy atom. The summed E-state index contributed by atoms with van der Waals surface area (Å²) in [5, 5.41) is 4.70. The van der Waals surface area contributed by atoms with Crippen molar-refractivity contribution in [3.8, 4) is 0 Å². The number of hydrogen-bond donors (Lipinski definition) is 0. The van der Waals surface area contributed by atoms with Crippen molar-refractivity contribution in [3.05, 3.63) is 76.1 Å². The molecule has 1 aliphatic heterocycles. The zero-order valence-electron chi connectivity index (χ0n) is 15.4. The van der Waals surface area contributed by atoms with E-state index in [0.29, 0.717) is 28.4 Å². The van der Waals surface area contributed by atoms with Gasteiger partial charge in [-0.25, -0.2) is 4.39 Å². The molecule has 29 heavy (non-hydrogen) atoms. The normalized spacial score (nSPS) is 16.7. The van der Waals surface area contributed by atoms with Gasteiger partial charge in [0.15, 0.2) is 0 Å². The van der Waals surface area contributed by atoms with Gasteiger partial charge in [-0.3, -0.25) is 24.0 Å². The fourth-order valence-electron chi connectivity index (χ4n) is 3.76.